The molecule has 1 unspecified atom stereocenters. The second-order valence-corrected chi connectivity index (χ2v) is 3.93. The first kappa shape index (κ1) is 9.81. The van der Waals surface area contributed by atoms with Gasteiger partial charge >= 0.3 is 0 Å². The Morgan fingerprint density at radius 1 is 1.47 bits per heavy atom. The summed E-state index contributed by atoms with van der Waals surface area (Å²) in [6.07, 6.45) is 3.87. The van der Waals surface area contributed by atoms with Gasteiger partial charge in [-0.25, -0.2) is 9.97 Å². The predicted molar refractivity (Wildman–Crippen MR) is 58.4 cm³/mol. The van der Waals surface area contributed by atoms with Crippen LogP contribution in [0.4, 0.5) is 0 Å². The van der Waals surface area contributed by atoms with Gasteiger partial charge in [0.2, 0.25) is 0 Å². The molecule has 15 heavy (non-hydrogen) atoms. The average Bonchev–Trinajstić information content (AvgIpc) is 2.80. The zero-order valence-corrected chi connectivity index (χ0v) is 8.81. The summed E-state index contributed by atoms with van der Waals surface area (Å²) in [6.45, 7) is 0. The van der Waals surface area contributed by atoms with E-state index in [4.69, 9.17) is 5.26 Å². The van der Waals surface area contributed by atoms with Crippen molar-refractivity contribution in [2.75, 3.05) is 0 Å². The summed E-state index contributed by atoms with van der Waals surface area (Å²) in [5.74, 6) is -0.178. The van der Waals surface area contributed by atoms with Crippen molar-refractivity contribution < 1.29 is 0 Å². The van der Waals surface area contributed by atoms with Crippen LogP contribution in [0.5, 0.6) is 0 Å². The molecule has 0 radical (unpaired) electrons. The van der Waals surface area contributed by atoms with E-state index in [-0.39, 0.29) is 5.92 Å². The maximum Gasteiger partial charge on any atom is 0.115 e. The summed E-state index contributed by atoms with van der Waals surface area (Å²) >= 11 is 1.65. The molecule has 2 rings (SSSR count). The molecule has 1 atom stereocenters. The maximum atomic E-state index is 9.07. The fraction of sp³-hybridized carbons (Fsp3) is 0.182. The molecule has 0 saturated heterocycles. The molecule has 0 amide bonds. The molecule has 2 aromatic heterocycles. The summed E-state index contributed by atoms with van der Waals surface area (Å²) in [4.78, 5) is 7.94. The molecule has 0 aromatic carbocycles. The molecule has 74 valence electrons. The van der Waals surface area contributed by atoms with Crippen LogP contribution in [0.1, 0.15) is 17.2 Å². The lowest BCUT2D eigenvalue weighted by Crippen LogP contribution is -2.02. The van der Waals surface area contributed by atoms with E-state index in [2.05, 4.69) is 21.4 Å². The van der Waals surface area contributed by atoms with Gasteiger partial charge in [-0.05, 0) is 34.9 Å². The molecule has 2 aromatic rings. The fourth-order valence-electron chi connectivity index (χ4n) is 1.37. The number of nitrogens with zero attached hydrogens (tertiary/aromatic N) is 3. The Kier molecular flexibility index (Phi) is 3.05. The molecule has 0 bridgehead atoms. The largest absolute Gasteiger partial charge is 0.245 e. The molecule has 0 N–H and O–H groups in total. The van der Waals surface area contributed by atoms with Crippen molar-refractivity contribution in [1.82, 2.24) is 9.97 Å². The molecule has 0 fully saturated rings. The summed E-state index contributed by atoms with van der Waals surface area (Å²) in [6, 6.07) is 6.10. The van der Waals surface area contributed by atoms with Crippen LogP contribution in [-0.4, -0.2) is 9.97 Å². The SMILES string of the molecule is N#CC(Cc1ccsc1)c1ccncn1. The van der Waals surface area contributed by atoms with E-state index in [0.29, 0.717) is 0 Å². The highest BCUT2D eigenvalue weighted by Gasteiger charge is 2.12. The van der Waals surface area contributed by atoms with Crippen LogP contribution in [0.3, 0.4) is 0 Å². The summed E-state index contributed by atoms with van der Waals surface area (Å²) in [7, 11) is 0. The Balaban J connectivity index is 2.16. The monoisotopic (exact) mass is 215 g/mol. The minimum atomic E-state index is -0.178. The molecule has 0 aliphatic carbocycles. The lowest BCUT2D eigenvalue weighted by atomic mass is 9.99. The third kappa shape index (κ3) is 2.39. The van der Waals surface area contributed by atoms with Crippen molar-refractivity contribution in [1.29, 1.82) is 5.26 Å². The normalized spacial score (nSPS) is 11.9. The van der Waals surface area contributed by atoms with Gasteiger partial charge in [-0.3, -0.25) is 0 Å². The van der Waals surface area contributed by atoms with Gasteiger partial charge in [0, 0.05) is 6.20 Å². The standard InChI is InChI=1S/C11H9N3S/c12-6-10(5-9-2-4-15-7-9)11-1-3-13-8-14-11/h1-4,7-8,10H,5H2. The Hall–Kier alpha value is -1.73. The third-order valence-electron chi connectivity index (χ3n) is 2.14. The van der Waals surface area contributed by atoms with Gasteiger partial charge in [-0.2, -0.15) is 16.6 Å². The zero-order valence-electron chi connectivity index (χ0n) is 8.00. The van der Waals surface area contributed by atoms with Crippen LogP contribution in [-0.2, 0) is 6.42 Å². The van der Waals surface area contributed by atoms with E-state index in [0.717, 1.165) is 12.1 Å². The van der Waals surface area contributed by atoms with Gasteiger partial charge in [0.15, 0.2) is 0 Å². The molecule has 4 heteroatoms. The van der Waals surface area contributed by atoms with Crippen LogP contribution >= 0.6 is 11.3 Å². The summed E-state index contributed by atoms with van der Waals surface area (Å²) in [5, 5.41) is 13.1. The van der Waals surface area contributed by atoms with Gasteiger partial charge in [0.25, 0.3) is 0 Å². The van der Waals surface area contributed by atoms with Crippen molar-refractivity contribution in [2.45, 2.75) is 12.3 Å². The highest BCUT2D eigenvalue weighted by atomic mass is 32.1. The lowest BCUT2D eigenvalue weighted by molar-refractivity contribution is 0.809. The molecule has 0 saturated carbocycles. The smallest absolute Gasteiger partial charge is 0.115 e. The van der Waals surface area contributed by atoms with E-state index in [9.17, 15) is 0 Å². The van der Waals surface area contributed by atoms with Gasteiger partial charge in [-0.15, -0.1) is 0 Å². The van der Waals surface area contributed by atoms with Crippen LogP contribution in [0.15, 0.2) is 35.4 Å². The maximum absolute atomic E-state index is 9.07. The van der Waals surface area contributed by atoms with Crippen molar-refractivity contribution in [3.05, 3.63) is 46.7 Å². The van der Waals surface area contributed by atoms with E-state index >= 15 is 0 Å². The molecular formula is C11H9N3S. The highest BCUT2D eigenvalue weighted by molar-refractivity contribution is 7.07. The molecule has 0 aliphatic heterocycles. The number of rotatable bonds is 3. The summed E-state index contributed by atoms with van der Waals surface area (Å²) < 4.78 is 0. The third-order valence-corrected chi connectivity index (χ3v) is 2.87. The van der Waals surface area contributed by atoms with Crippen molar-refractivity contribution >= 4 is 11.3 Å². The molecular weight excluding hydrogens is 206 g/mol. The first-order valence-corrected chi connectivity index (χ1v) is 5.51. The highest BCUT2D eigenvalue weighted by Crippen LogP contribution is 2.19. The topological polar surface area (TPSA) is 49.6 Å². The second-order valence-electron chi connectivity index (χ2n) is 3.15. The number of thiophene rings is 1. The minimum absolute atomic E-state index is 0.178. The van der Waals surface area contributed by atoms with Crippen molar-refractivity contribution in [3.63, 3.8) is 0 Å². The first-order chi connectivity index (χ1) is 7.40. The Bertz CT molecular complexity index is 444. The predicted octanol–water partition coefficient (Wildman–Crippen LogP) is 2.39. The molecule has 0 spiro atoms. The first-order valence-electron chi connectivity index (χ1n) is 4.57. The van der Waals surface area contributed by atoms with Gasteiger partial charge in [0.1, 0.15) is 6.33 Å². The van der Waals surface area contributed by atoms with E-state index < -0.39 is 0 Å². The quantitative estimate of drug-likeness (QED) is 0.789. The average molecular weight is 215 g/mol. The molecule has 3 nitrogen and oxygen atoms in total. The summed E-state index contributed by atoms with van der Waals surface area (Å²) in [5.41, 5.74) is 1.98. The number of aromatic nitrogens is 2. The van der Waals surface area contributed by atoms with Gasteiger partial charge in [-0.1, -0.05) is 0 Å². The van der Waals surface area contributed by atoms with Crippen LogP contribution in [0.2, 0.25) is 0 Å². The number of hydrogen-bond acceptors (Lipinski definition) is 4. The van der Waals surface area contributed by atoms with Crippen molar-refractivity contribution in [2.24, 2.45) is 0 Å². The van der Waals surface area contributed by atoms with Crippen LogP contribution < -0.4 is 0 Å². The Morgan fingerprint density at radius 3 is 3.00 bits per heavy atom. The van der Waals surface area contributed by atoms with Crippen LogP contribution in [0, 0.1) is 11.3 Å². The zero-order chi connectivity index (χ0) is 10.5. The van der Waals surface area contributed by atoms with Gasteiger partial charge < -0.3 is 0 Å². The Labute approximate surface area is 92.1 Å². The Morgan fingerprint density at radius 2 is 2.40 bits per heavy atom. The van der Waals surface area contributed by atoms with E-state index in [1.807, 2.05) is 11.4 Å². The second kappa shape index (κ2) is 4.67. The van der Waals surface area contributed by atoms with Crippen LogP contribution in [0.25, 0.3) is 0 Å². The van der Waals surface area contributed by atoms with E-state index in [1.165, 1.54) is 11.9 Å². The minimum Gasteiger partial charge on any atom is -0.245 e. The van der Waals surface area contributed by atoms with Crippen molar-refractivity contribution in [3.8, 4) is 6.07 Å². The molecule has 2 heterocycles. The fourth-order valence-corrected chi connectivity index (χ4v) is 2.05. The van der Waals surface area contributed by atoms with Gasteiger partial charge in [0.05, 0.1) is 17.7 Å². The van der Waals surface area contributed by atoms with E-state index in [1.54, 1.807) is 23.6 Å². The molecule has 0 aliphatic rings. The lowest BCUT2D eigenvalue weighted by Gasteiger charge is -2.05. The number of nitriles is 1. The number of hydrogen-bond donors (Lipinski definition) is 0.